The summed E-state index contributed by atoms with van der Waals surface area (Å²) in [5, 5.41) is 4.48. The highest BCUT2D eigenvalue weighted by atomic mass is 35.5. The first kappa shape index (κ1) is 17.1. The fraction of sp³-hybridized carbons (Fsp3) is 0.333. The van der Waals surface area contributed by atoms with Gasteiger partial charge >= 0.3 is 0 Å². The van der Waals surface area contributed by atoms with Crippen molar-refractivity contribution in [2.24, 2.45) is 0 Å². The zero-order valence-electron chi connectivity index (χ0n) is 13.4. The number of rotatable bonds is 5. The van der Waals surface area contributed by atoms with Crippen molar-refractivity contribution in [2.75, 3.05) is 29.1 Å². The van der Waals surface area contributed by atoms with Crippen molar-refractivity contribution in [3.63, 3.8) is 0 Å². The summed E-state index contributed by atoms with van der Waals surface area (Å²) in [7, 11) is 0. The lowest BCUT2D eigenvalue weighted by Crippen LogP contribution is -2.30. The molecule has 0 aliphatic carbocycles. The number of halogens is 1. The van der Waals surface area contributed by atoms with Crippen LogP contribution in [0.3, 0.4) is 0 Å². The Morgan fingerprint density at radius 2 is 2.04 bits per heavy atom. The van der Waals surface area contributed by atoms with Crippen LogP contribution in [0.2, 0.25) is 5.02 Å². The molecule has 0 unspecified atom stereocenters. The fourth-order valence-electron chi connectivity index (χ4n) is 2.78. The molecule has 0 atom stereocenters. The number of piperidine rings is 1. The van der Waals surface area contributed by atoms with E-state index in [1.807, 2.05) is 36.4 Å². The molecule has 3 rings (SSSR count). The number of hydrogen-bond donors (Lipinski definition) is 1. The lowest BCUT2D eigenvalue weighted by atomic mass is 10.1. The number of carbonyl (C=O) groups excluding carboxylic acids is 1. The topological polar surface area (TPSA) is 45.2 Å². The maximum absolute atomic E-state index is 12.3. The molecule has 1 amide bonds. The molecule has 0 saturated carbocycles. The molecule has 1 aliphatic heterocycles. The Kier molecular flexibility index (Phi) is 5.99. The molecule has 1 aromatic heterocycles. The molecule has 1 saturated heterocycles. The minimum absolute atomic E-state index is 0.0498. The number of amides is 1. The minimum atomic E-state index is -0.0498. The van der Waals surface area contributed by atoms with Gasteiger partial charge in [-0.2, -0.15) is 0 Å². The zero-order valence-corrected chi connectivity index (χ0v) is 14.9. The van der Waals surface area contributed by atoms with Gasteiger partial charge in [0.05, 0.1) is 22.2 Å². The molecule has 0 radical (unpaired) electrons. The highest BCUT2D eigenvalue weighted by molar-refractivity contribution is 7.99. The van der Waals surface area contributed by atoms with E-state index in [0.29, 0.717) is 10.8 Å². The number of aromatic nitrogens is 1. The lowest BCUT2D eigenvalue weighted by molar-refractivity contribution is -0.113. The Morgan fingerprint density at radius 3 is 2.79 bits per heavy atom. The van der Waals surface area contributed by atoms with Crippen LogP contribution in [0, 0.1) is 0 Å². The van der Waals surface area contributed by atoms with Gasteiger partial charge in [-0.25, -0.2) is 4.98 Å². The molecular weight excluding hydrogens is 342 g/mol. The van der Waals surface area contributed by atoms with Crippen molar-refractivity contribution >= 4 is 40.6 Å². The smallest absolute Gasteiger partial charge is 0.234 e. The number of pyridine rings is 1. The van der Waals surface area contributed by atoms with Crippen molar-refractivity contribution in [3.05, 3.63) is 47.6 Å². The second kappa shape index (κ2) is 8.40. The molecule has 0 spiro atoms. The summed E-state index contributed by atoms with van der Waals surface area (Å²) in [5.41, 5.74) is 1.84. The van der Waals surface area contributed by atoms with Crippen molar-refractivity contribution < 1.29 is 4.79 Å². The normalized spacial score (nSPS) is 14.5. The second-order valence-corrected chi connectivity index (χ2v) is 7.15. The van der Waals surface area contributed by atoms with E-state index in [1.165, 1.54) is 31.0 Å². The highest BCUT2D eigenvalue weighted by Crippen LogP contribution is 2.31. The van der Waals surface area contributed by atoms with Crippen molar-refractivity contribution in [1.29, 1.82) is 0 Å². The summed E-state index contributed by atoms with van der Waals surface area (Å²) in [6.07, 6.45) is 5.37. The lowest BCUT2D eigenvalue weighted by Gasteiger charge is -2.30. The van der Waals surface area contributed by atoms with Gasteiger partial charge in [0.2, 0.25) is 5.91 Å². The molecule has 1 N–H and O–H groups in total. The standard InChI is InChI=1S/C18H20ClN3OS/c19-14-7-8-16(22-10-4-1-5-11-22)15(12-14)21-17(23)13-24-18-6-2-3-9-20-18/h2-3,6-9,12H,1,4-5,10-11,13H2,(H,21,23). The number of nitrogens with zero attached hydrogens (tertiary/aromatic N) is 2. The minimum Gasteiger partial charge on any atom is -0.370 e. The fourth-order valence-corrected chi connectivity index (χ4v) is 3.61. The van der Waals surface area contributed by atoms with Crippen LogP contribution in [0.5, 0.6) is 0 Å². The summed E-state index contributed by atoms with van der Waals surface area (Å²) < 4.78 is 0. The first-order valence-corrected chi connectivity index (χ1v) is 9.47. The number of hydrogen-bond acceptors (Lipinski definition) is 4. The van der Waals surface area contributed by atoms with Gasteiger partial charge in [-0.05, 0) is 49.6 Å². The summed E-state index contributed by atoms with van der Waals surface area (Å²) in [6, 6.07) is 11.4. The number of carbonyl (C=O) groups is 1. The molecular formula is C18H20ClN3OS. The van der Waals surface area contributed by atoms with E-state index in [4.69, 9.17) is 11.6 Å². The average Bonchev–Trinajstić information content (AvgIpc) is 2.62. The molecule has 2 aromatic rings. The van der Waals surface area contributed by atoms with Gasteiger partial charge < -0.3 is 10.2 Å². The summed E-state index contributed by atoms with van der Waals surface area (Å²) >= 11 is 7.55. The van der Waals surface area contributed by atoms with E-state index in [-0.39, 0.29) is 5.91 Å². The third kappa shape index (κ3) is 4.65. The van der Waals surface area contributed by atoms with Crippen LogP contribution in [-0.4, -0.2) is 29.7 Å². The predicted molar refractivity (Wildman–Crippen MR) is 101 cm³/mol. The predicted octanol–water partition coefficient (Wildman–Crippen LogP) is 4.46. The molecule has 126 valence electrons. The maximum atomic E-state index is 12.3. The number of nitrogens with one attached hydrogen (secondary N) is 1. The van der Waals surface area contributed by atoms with Crippen LogP contribution in [-0.2, 0) is 4.79 Å². The van der Waals surface area contributed by atoms with Gasteiger partial charge in [0.25, 0.3) is 0 Å². The molecule has 24 heavy (non-hydrogen) atoms. The monoisotopic (exact) mass is 361 g/mol. The Bertz CT molecular complexity index is 690. The first-order valence-electron chi connectivity index (χ1n) is 8.10. The first-order chi connectivity index (χ1) is 11.7. The van der Waals surface area contributed by atoms with E-state index in [9.17, 15) is 4.79 Å². The van der Waals surface area contributed by atoms with Crippen LogP contribution in [0.25, 0.3) is 0 Å². The number of benzene rings is 1. The number of thioether (sulfide) groups is 1. The van der Waals surface area contributed by atoms with Gasteiger partial charge in [0, 0.05) is 24.3 Å². The third-order valence-corrected chi connectivity index (χ3v) is 5.10. The van der Waals surface area contributed by atoms with Crippen molar-refractivity contribution in [3.8, 4) is 0 Å². The van der Waals surface area contributed by atoms with E-state index in [1.54, 1.807) is 6.20 Å². The average molecular weight is 362 g/mol. The SMILES string of the molecule is O=C(CSc1ccccn1)Nc1cc(Cl)ccc1N1CCCCC1. The van der Waals surface area contributed by atoms with Gasteiger partial charge in [0.1, 0.15) is 0 Å². The molecule has 4 nitrogen and oxygen atoms in total. The molecule has 1 fully saturated rings. The van der Waals surface area contributed by atoms with E-state index in [0.717, 1.165) is 29.5 Å². The van der Waals surface area contributed by atoms with Crippen LogP contribution in [0.15, 0.2) is 47.6 Å². The maximum Gasteiger partial charge on any atom is 0.234 e. The van der Waals surface area contributed by atoms with E-state index >= 15 is 0 Å². The van der Waals surface area contributed by atoms with E-state index in [2.05, 4.69) is 15.2 Å². The highest BCUT2D eigenvalue weighted by Gasteiger charge is 2.16. The quantitative estimate of drug-likeness (QED) is 0.799. The molecule has 6 heteroatoms. The van der Waals surface area contributed by atoms with Crippen LogP contribution in [0.4, 0.5) is 11.4 Å². The van der Waals surface area contributed by atoms with Crippen LogP contribution < -0.4 is 10.2 Å². The largest absolute Gasteiger partial charge is 0.370 e. The Balaban J connectivity index is 1.66. The second-order valence-electron chi connectivity index (χ2n) is 5.71. The summed E-state index contributed by atoms with van der Waals surface area (Å²) in [6.45, 7) is 2.04. The summed E-state index contributed by atoms with van der Waals surface area (Å²) in [4.78, 5) is 18.8. The van der Waals surface area contributed by atoms with Crippen LogP contribution >= 0.6 is 23.4 Å². The Hall–Kier alpha value is -1.72. The summed E-state index contributed by atoms with van der Waals surface area (Å²) in [5.74, 6) is 0.273. The molecule has 2 heterocycles. The Morgan fingerprint density at radius 1 is 1.21 bits per heavy atom. The van der Waals surface area contributed by atoms with E-state index < -0.39 is 0 Å². The van der Waals surface area contributed by atoms with Gasteiger partial charge in [0.15, 0.2) is 0 Å². The van der Waals surface area contributed by atoms with Crippen LogP contribution in [0.1, 0.15) is 19.3 Å². The molecule has 0 bridgehead atoms. The number of anilines is 2. The van der Waals surface area contributed by atoms with Gasteiger partial charge in [-0.1, -0.05) is 29.4 Å². The zero-order chi connectivity index (χ0) is 16.8. The van der Waals surface area contributed by atoms with Gasteiger partial charge in [-0.15, -0.1) is 0 Å². The molecule has 1 aliphatic rings. The third-order valence-electron chi connectivity index (χ3n) is 3.92. The molecule has 1 aromatic carbocycles. The Labute approximate surface area is 151 Å². The van der Waals surface area contributed by atoms with Crippen molar-refractivity contribution in [2.45, 2.75) is 24.3 Å². The van der Waals surface area contributed by atoms with Gasteiger partial charge in [-0.3, -0.25) is 4.79 Å². The van der Waals surface area contributed by atoms with Crippen molar-refractivity contribution in [1.82, 2.24) is 4.98 Å².